The van der Waals surface area contributed by atoms with Gasteiger partial charge >= 0.3 is 0 Å². The van der Waals surface area contributed by atoms with E-state index < -0.39 is 0 Å². The van der Waals surface area contributed by atoms with Crippen molar-refractivity contribution in [3.05, 3.63) is 53.1 Å². The van der Waals surface area contributed by atoms with Crippen LogP contribution in [0.1, 0.15) is 44.0 Å². The SMILES string of the molecule is CCCC(=O)Nc1ccc(Cl)c(NC(=O)c2ccccc2OCC(C)C)c1. The van der Waals surface area contributed by atoms with Gasteiger partial charge in [-0.25, -0.2) is 0 Å². The number of para-hydroxylation sites is 1. The molecule has 0 aromatic heterocycles. The minimum absolute atomic E-state index is 0.0791. The Balaban J connectivity index is 2.17. The molecule has 2 aromatic rings. The number of hydrogen-bond acceptors (Lipinski definition) is 3. The van der Waals surface area contributed by atoms with E-state index in [2.05, 4.69) is 10.6 Å². The number of carbonyl (C=O) groups excluding carboxylic acids is 2. The second-order valence-electron chi connectivity index (χ2n) is 6.65. The molecule has 0 fully saturated rings. The van der Waals surface area contributed by atoms with Crippen molar-refractivity contribution in [1.82, 2.24) is 0 Å². The Morgan fingerprint density at radius 1 is 1.11 bits per heavy atom. The molecule has 0 unspecified atom stereocenters. The summed E-state index contributed by atoms with van der Waals surface area (Å²) in [5, 5.41) is 5.98. The van der Waals surface area contributed by atoms with Crippen molar-refractivity contribution in [3.63, 3.8) is 0 Å². The van der Waals surface area contributed by atoms with Gasteiger partial charge < -0.3 is 15.4 Å². The van der Waals surface area contributed by atoms with Crippen LogP contribution in [0, 0.1) is 5.92 Å². The molecule has 5 nitrogen and oxygen atoms in total. The van der Waals surface area contributed by atoms with Gasteiger partial charge in [0.15, 0.2) is 0 Å². The van der Waals surface area contributed by atoms with Gasteiger partial charge in [-0.2, -0.15) is 0 Å². The third-order valence-corrected chi connectivity index (χ3v) is 4.01. The lowest BCUT2D eigenvalue weighted by Crippen LogP contribution is -2.16. The number of anilines is 2. The Hall–Kier alpha value is -2.53. The summed E-state index contributed by atoms with van der Waals surface area (Å²) in [6, 6.07) is 12.0. The molecule has 2 rings (SSSR count). The van der Waals surface area contributed by atoms with Crippen molar-refractivity contribution in [2.45, 2.75) is 33.6 Å². The van der Waals surface area contributed by atoms with Gasteiger partial charge in [-0.05, 0) is 42.7 Å². The number of rotatable bonds is 8. The summed E-state index contributed by atoms with van der Waals surface area (Å²) < 4.78 is 5.74. The Kier molecular flexibility index (Phi) is 7.67. The number of carbonyl (C=O) groups is 2. The van der Waals surface area contributed by atoms with Crippen LogP contribution in [0.2, 0.25) is 5.02 Å². The van der Waals surface area contributed by atoms with E-state index in [-0.39, 0.29) is 11.8 Å². The zero-order chi connectivity index (χ0) is 19.8. The first-order valence-electron chi connectivity index (χ1n) is 9.03. The molecule has 0 saturated heterocycles. The molecule has 2 aromatic carbocycles. The molecule has 0 saturated carbocycles. The summed E-state index contributed by atoms with van der Waals surface area (Å²) in [5.74, 6) is 0.462. The number of halogens is 1. The molecule has 6 heteroatoms. The molecule has 0 heterocycles. The molecule has 0 aliphatic rings. The molecule has 144 valence electrons. The molecule has 0 radical (unpaired) electrons. The molecule has 2 N–H and O–H groups in total. The van der Waals surface area contributed by atoms with Gasteiger partial charge in [0.05, 0.1) is 22.9 Å². The zero-order valence-electron chi connectivity index (χ0n) is 15.8. The van der Waals surface area contributed by atoms with Crippen molar-refractivity contribution in [2.24, 2.45) is 5.92 Å². The highest BCUT2D eigenvalue weighted by atomic mass is 35.5. The second-order valence-corrected chi connectivity index (χ2v) is 7.06. The van der Waals surface area contributed by atoms with E-state index in [1.54, 1.807) is 36.4 Å². The maximum atomic E-state index is 12.7. The van der Waals surface area contributed by atoms with Crippen LogP contribution in [-0.2, 0) is 4.79 Å². The van der Waals surface area contributed by atoms with Gasteiger partial charge in [-0.1, -0.05) is 44.5 Å². The normalized spacial score (nSPS) is 10.6. The molecule has 0 aliphatic heterocycles. The summed E-state index contributed by atoms with van der Waals surface area (Å²) in [7, 11) is 0. The fourth-order valence-electron chi connectivity index (χ4n) is 2.38. The van der Waals surface area contributed by atoms with Gasteiger partial charge in [-0.3, -0.25) is 9.59 Å². The average molecular weight is 389 g/mol. The number of benzene rings is 2. The van der Waals surface area contributed by atoms with E-state index in [0.29, 0.717) is 46.7 Å². The van der Waals surface area contributed by atoms with E-state index in [1.807, 2.05) is 26.8 Å². The third kappa shape index (κ3) is 6.29. The maximum absolute atomic E-state index is 12.7. The van der Waals surface area contributed by atoms with Crippen molar-refractivity contribution < 1.29 is 14.3 Å². The van der Waals surface area contributed by atoms with Crippen molar-refractivity contribution in [3.8, 4) is 5.75 Å². The maximum Gasteiger partial charge on any atom is 0.259 e. The minimum atomic E-state index is -0.326. The van der Waals surface area contributed by atoms with Gasteiger partial charge in [0, 0.05) is 12.1 Å². The van der Waals surface area contributed by atoms with Crippen LogP contribution in [0.25, 0.3) is 0 Å². The Morgan fingerprint density at radius 3 is 2.56 bits per heavy atom. The monoisotopic (exact) mass is 388 g/mol. The second kappa shape index (κ2) is 9.97. The van der Waals surface area contributed by atoms with Crippen molar-refractivity contribution >= 4 is 34.8 Å². The first-order valence-corrected chi connectivity index (χ1v) is 9.41. The first-order chi connectivity index (χ1) is 12.9. The van der Waals surface area contributed by atoms with Crippen LogP contribution in [-0.4, -0.2) is 18.4 Å². The lowest BCUT2D eigenvalue weighted by atomic mass is 10.1. The van der Waals surface area contributed by atoms with E-state index >= 15 is 0 Å². The van der Waals surface area contributed by atoms with E-state index in [4.69, 9.17) is 16.3 Å². The lowest BCUT2D eigenvalue weighted by Gasteiger charge is -2.14. The van der Waals surface area contributed by atoms with Crippen LogP contribution in [0.4, 0.5) is 11.4 Å². The fraction of sp³-hybridized carbons (Fsp3) is 0.333. The predicted octanol–water partition coefficient (Wildman–Crippen LogP) is 5.37. The molecule has 2 amide bonds. The van der Waals surface area contributed by atoms with Crippen LogP contribution >= 0.6 is 11.6 Å². The van der Waals surface area contributed by atoms with Gasteiger partial charge in [0.2, 0.25) is 5.91 Å². The summed E-state index contributed by atoms with van der Waals surface area (Å²) in [6.07, 6.45) is 1.20. The van der Waals surface area contributed by atoms with Crippen molar-refractivity contribution in [1.29, 1.82) is 0 Å². The highest BCUT2D eigenvalue weighted by molar-refractivity contribution is 6.34. The average Bonchev–Trinajstić information content (AvgIpc) is 2.63. The number of amides is 2. The fourth-order valence-corrected chi connectivity index (χ4v) is 2.54. The van der Waals surface area contributed by atoms with E-state index in [9.17, 15) is 9.59 Å². The lowest BCUT2D eigenvalue weighted by molar-refractivity contribution is -0.116. The van der Waals surface area contributed by atoms with Gasteiger partial charge in [0.25, 0.3) is 5.91 Å². The van der Waals surface area contributed by atoms with Crippen LogP contribution in [0.5, 0.6) is 5.75 Å². The molecular weight excluding hydrogens is 364 g/mol. The van der Waals surface area contributed by atoms with Crippen LogP contribution < -0.4 is 15.4 Å². The van der Waals surface area contributed by atoms with Crippen LogP contribution in [0.3, 0.4) is 0 Å². The summed E-state index contributed by atoms with van der Waals surface area (Å²) in [5.41, 5.74) is 1.43. The van der Waals surface area contributed by atoms with E-state index in [1.165, 1.54) is 0 Å². The smallest absolute Gasteiger partial charge is 0.259 e. The minimum Gasteiger partial charge on any atom is -0.492 e. The molecular formula is C21H25ClN2O3. The number of nitrogens with one attached hydrogen (secondary N) is 2. The quantitative estimate of drug-likeness (QED) is 0.639. The third-order valence-electron chi connectivity index (χ3n) is 3.68. The largest absolute Gasteiger partial charge is 0.492 e. The molecule has 27 heavy (non-hydrogen) atoms. The topological polar surface area (TPSA) is 67.4 Å². The first kappa shape index (κ1) is 20.8. The van der Waals surface area contributed by atoms with Gasteiger partial charge in [-0.15, -0.1) is 0 Å². The zero-order valence-corrected chi connectivity index (χ0v) is 16.6. The molecule has 0 bridgehead atoms. The van der Waals surface area contributed by atoms with Crippen LogP contribution in [0.15, 0.2) is 42.5 Å². The summed E-state index contributed by atoms with van der Waals surface area (Å²) >= 11 is 6.21. The molecule has 0 spiro atoms. The highest BCUT2D eigenvalue weighted by Crippen LogP contribution is 2.27. The highest BCUT2D eigenvalue weighted by Gasteiger charge is 2.15. The standard InChI is InChI=1S/C21H25ClN2O3/c1-4-7-20(25)23-15-10-11-17(22)18(12-15)24-21(26)16-8-5-6-9-19(16)27-13-14(2)3/h5-6,8-12,14H,4,7,13H2,1-3H3,(H,23,25)(H,24,26). The van der Waals surface area contributed by atoms with Gasteiger partial charge in [0.1, 0.15) is 5.75 Å². The number of ether oxygens (including phenoxy) is 1. The Morgan fingerprint density at radius 2 is 1.85 bits per heavy atom. The Bertz CT molecular complexity index is 806. The van der Waals surface area contributed by atoms with E-state index in [0.717, 1.165) is 6.42 Å². The molecule has 0 atom stereocenters. The predicted molar refractivity (Wildman–Crippen MR) is 110 cm³/mol. The number of hydrogen-bond donors (Lipinski definition) is 2. The summed E-state index contributed by atoms with van der Waals surface area (Å²) in [6.45, 7) is 6.54. The molecule has 0 aliphatic carbocycles. The van der Waals surface area contributed by atoms with Crippen molar-refractivity contribution in [2.75, 3.05) is 17.2 Å². The summed E-state index contributed by atoms with van der Waals surface area (Å²) in [4.78, 5) is 24.5. The Labute approximate surface area is 165 Å².